The first-order chi connectivity index (χ1) is 6.32. The summed E-state index contributed by atoms with van der Waals surface area (Å²) in [5.74, 6) is -0.820. The molecule has 0 aromatic heterocycles. The van der Waals surface area contributed by atoms with Crippen LogP contribution in [0.1, 0.15) is 27.2 Å². The highest BCUT2D eigenvalue weighted by Crippen LogP contribution is 2.00. The standard InChI is InChI=1S/C9H18N2O3.ClH/c1-5-6(7(12)14-4)11-8(13)9(2,3)10;/h6H,5,10H2,1-4H3,(H,11,13);1H. The lowest BCUT2D eigenvalue weighted by molar-refractivity contribution is -0.145. The van der Waals surface area contributed by atoms with Crippen molar-refractivity contribution in [1.29, 1.82) is 0 Å². The van der Waals surface area contributed by atoms with Crippen molar-refractivity contribution in [3.05, 3.63) is 0 Å². The number of hydrogen-bond acceptors (Lipinski definition) is 4. The average Bonchev–Trinajstić information content (AvgIpc) is 2.10. The van der Waals surface area contributed by atoms with E-state index >= 15 is 0 Å². The SMILES string of the molecule is CCC(NC(=O)C(C)(C)N)C(=O)OC.Cl. The molecule has 0 heterocycles. The number of nitrogens with two attached hydrogens (primary N) is 1. The molecule has 0 rings (SSSR count). The first-order valence-electron chi connectivity index (χ1n) is 4.50. The Morgan fingerprint density at radius 3 is 2.20 bits per heavy atom. The van der Waals surface area contributed by atoms with Gasteiger partial charge >= 0.3 is 5.97 Å². The molecule has 1 atom stereocenters. The summed E-state index contributed by atoms with van der Waals surface area (Å²) in [5, 5.41) is 2.52. The van der Waals surface area contributed by atoms with Gasteiger partial charge in [0.15, 0.2) is 0 Å². The summed E-state index contributed by atoms with van der Waals surface area (Å²) in [6.45, 7) is 4.93. The highest BCUT2D eigenvalue weighted by Gasteiger charge is 2.27. The molecule has 3 N–H and O–H groups in total. The molecule has 15 heavy (non-hydrogen) atoms. The van der Waals surface area contributed by atoms with Crippen molar-refractivity contribution in [3.63, 3.8) is 0 Å². The van der Waals surface area contributed by atoms with Gasteiger partial charge in [-0.05, 0) is 20.3 Å². The predicted octanol–water partition coefficient (Wildman–Crippen LogP) is 0.213. The molecule has 6 heteroatoms. The third-order valence-electron chi connectivity index (χ3n) is 1.78. The molecule has 0 bridgehead atoms. The molecular weight excluding hydrogens is 220 g/mol. The second-order valence-electron chi connectivity index (χ2n) is 3.68. The Bertz CT molecular complexity index is 226. The van der Waals surface area contributed by atoms with Crippen LogP contribution < -0.4 is 11.1 Å². The summed E-state index contributed by atoms with van der Waals surface area (Å²) < 4.78 is 4.52. The summed E-state index contributed by atoms with van der Waals surface area (Å²) in [4.78, 5) is 22.5. The second-order valence-corrected chi connectivity index (χ2v) is 3.68. The molecule has 0 aliphatic heterocycles. The van der Waals surface area contributed by atoms with Gasteiger partial charge < -0.3 is 15.8 Å². The maximum absolute atomic E-state index is 11.4. The van der Waals surface area contributed by atoms with Crippen molar-refractivity contribution < 1.29 is 14.3 Å². The zero-order valence-corrected chi connectivity index (χ0v) is 10.3. The number of amides is 1. The van der Waals surface area contributed by atoms with Gasteiger partial charge in [-0.1, -0.05) is 6.92 Å². The summed E-state index contributed by atoms with van der Waals surface area (Å²) in [7, 11) is 1.28. The van der Waals surface area contributed by atoms with Crippen LogP contribution in [0, 0.1) is 0 Å². The Labute approximate surface area is 96.1 Å². The molecule has 0 spiro atoms. The van der Waals surface area contributed by atoms with Gasteiger partial charge in [0.25, 0.3) is 0 Å². The lowest BCUT2D eigenvalue weighted by Crippen LogP contribution is -2.54. The van der Waals surface area contributed by atoms with Crippen LogP contribution in [-0.4, -0.2) is 30.6 Å². The van der Waals surface area contributed by atoms with Gasteiger partial charge in [0.05, 0.1) is 12.6 Å². The van der Waals surface area contributed by atoms with E-state index in [2.05, 4.69) is 10.1 Å². The van der Waals surface area contributed by atoms with E-state index in [0.29, 0.717) is 6.42 Å². The number of rotatable bonds is 4. The van der Waals surface area contributed by atoms with E-state index in [0.717, 1.165) is 0 Å². The van der Waals surface area contributed by atoms with E-state index in [1.807, 2.05) is 0 Å². The summed E-state index contributed by atoms with van der Waals surface area (Å²) in [5.41, 5.74) is 4.57. The number of carbonyl (C=O) groups is 2. The lowest BCUT2D eigenvalue weighted by Gasteiger charge is -2.21. The number of halogens is 1. The molecule has 0 aliphatic carbocycles. The van der Waals surface area contributed by atoms with E-state index < -0.39 is 17.6 Å². The molecule has 1 amide bonds. The quantitative estimate of drug-likeness (QED) is 0.687. The van der Waals surface area contributed by atoms with Gasteiger partial charge in [-0.15, -0.1) is 12.4 Å². The number of ether oxygens (including phenoxy) is 1. The number of nitrogens with one attached hydrogen (secondary N) is 1. The molecule has 1 unspecified atom stereocenters. The Balaban J connectivity index is 0. The molecule has 0 saturated heterocycles. The Kier molecular flexibility index (Phi) is 7.35. The fourth-order valence-corrected chi connectivity index (χ4v) is 0.814. The Hall–Kier alpha value is -0.810. The highest BCUT2D eigenvalue weighted by molar-refractivity contribution is 5.89. The Morgan fingerprint density at radius 1 is 1.47 bits per heavy atom. The second kappa shape index (κ2) is 6.63. The molecule has 0 radical (unpaired) electrons. The van der Waals surface area contributed by atoms with Crippen LogP contribution in [-0.2, 0) is 14.3 Å². The molecule has 0 saturated carbocycles. The molecule has 0 aromatic rings. The summed E-state index contributed by atoms with van der Waals surface area (Å²) in [6, 6.07) is -0.615. The van der Waals surface area contributed by atoms with Gasteiger partial charge in [-0.3, -0.25) is 4.79 Å². The molecule has 0 fully saturated rings. The monoisotopic (exact) mass is 238 g/mol. The summed E-state index contributed by atoms with van der Waals surface area (Å²) in [6.07, 6.45) is 0.481. The highest BCUT2D eigenvalue weighted by atomic mass is 35.5. The summed E-state index contributed by atoms with van der Waals surface area (Å²) >= 11 is 0. The van der Waals surface area contributed by atoms with Crippen molar-refractivity contribution in [2.24, 2.45) is 5.73 Å². The van der Waals surface area contributed by atoms with Gasteiger partial charge in [-0.2, -0.15) is 0 Å². The maximum Gasteiger partial charge on any atom is 0.328 e. The number of esters is 1. The molecule has 0 aliphatic rings. The van der Waals surface area contributed by atoms with Crippen LogP contribution in [0.3, 0.4) is 0 Å². The molecule has 0 aromatic carbocycles. The normalized spacial score (nSPS) is 12.3. The maximum atomic E-state index is 11.4. The first-order valence-corrected chi connectivity index (χ1v) is 4.50. The van der Waals surface area contributed by atoms with E-state index in [1.54, 1.807) is 20.8 Å². The van der Waals surface area contributed by atoms with Crippen molar-refractivity contribution >= 4 is 24.3 Å². The average molecular weight is 239 g/mol. The zero-order valence-electron chi connectivity index (χ0n) is 9.49. The van der Waals surface area contributed by atoms with E-state index in [1.165, 1.54) is 7.11 Å². The van der Waals surface area contributed by atoms with Gasteiger partial charge in [0, 0.05) is 0 Å². The largest absolute Gasteiger partial charge is 0.467 e. The number of methoxy groups -OCH3 is 1. The van der Waals surface area contributed by atoms with Crippen LogP contribution in [0.25, 0.3) is 0 Å². The van der Waals surface area contributed by atoms with E-state index in [4.69, 9.17) is 5.73 Å². The minimum Gasteiger partial charge on any atom is -0.467 e. The molecular formula is C9H19ClN2O3. The number of carbonyl (C=O) groups excluding carboxylic acids is 2. The van der Waals surface area contributed by atoms with Crippen LogP contribution in [0.2, 0.25) is 0 Å². The van der Waals surface area contributed by atoms with Crippen LogP contribution >= 0.6 is 12.4 Å². The first kappa shape index (κ1) is 16.6. The zero-order chi connectivity index (χ0) is 11.4. The molecule has 90 valence electrons. The van der Waals surface area contributed by atoms with Crippen molar-refractivity contribution in [2.45, 2.75) is 38.8 Å². The lowest BCUT2D eigenvalue weighted by atomic mass is 10.1. The van der Waals surface area contributed by atoms with Gasteiger partial charge in [0.1, 0.15) is 6.04 Å². The van der Waals surface area contributed by atoms with E-state index in [9.17, 15) is 9.59 Å². The fourth-order valence-electron chi connectivity index (χ4n) is 0.814. The van der Waals surface area contributed by atoms with E-state index in [-0.39, 0.29) is 18.3 Å². The minimum atomic E-state index is -0.985. The number of hydrogen-bond donors (Lipinski definition) is 2. The third kappa shape index (κ3) is 5.59. The Morgan fingerprint density at radius 2 is 1.93 bits per heavy atom. The smallest absolute Gasteiger partial charge is 0.328 e. The van der Waals surface area contributed by atoms with Crippen molar-refractivity contribution in [2.75, 3.05) is 7.11 Å². The molecule has 5 nitrogen and oxygen atoms in total. The van der Waals surface area contributed by atoms with Crippen molar-refractivity contribution in [1.82, 2.24) is 5.32 Å². The van der Waals surface area contributed by atoms with Gasteiger partial charge in [0.2, 0.25) is 5.91 Å². The predicted molar refractivity (Wildman–Crippen MR) is 59.8 cm³/mol. The topological polar surface area (TPSA) is 81.4 Å². The van der Waals surface area contributed by atoms with Crippen molar-refractivity contribution in [3.8, 4) is 0 Å². The van der Waals surface area contributed by atoms with Gasteiger partial charge in [-0.25, -0.2) is 4.79 Å². The van der Waals surface area contributed by atoms with Crippen LogP contribution in [0.15, 0.2) is 0 Å². The fraction of sp³-hybridized carbons (Fsp3) is 0.778. The minimum absolute atomic E-state index is 0. The third-order valence-corrected chi connectivity index (χ3v) is 1.78. The van der Waals surface area contributed by atoms with Crippen LogP contribution in [0.4, 0.5) is 0 Å². The van der Waals surface area contributed by atoms with Crippen LogP contribution in [0.5, 0.6) is 0 Å².